The van der Waals surface area contributed by atoms with Gasteiger partial charge in [-0.05, 0) is 37.4 Å². The van der Waals surface area contributed by atoms with Gasteiger partial charge in [-0.3, -0.25) is 14.9 Å². The van der Waals surface area contributed by atoms with E-state index < -0.39 is 10.8 Å². The highest BCUT2D eigenvalue weighted by Crippen LogP contribution is 2.38. The Morgan fingerprint density at radius 3 is 2.58 bits per heavy atom. The molecule has 2 aromatic carbocycles. The molecule has 0 atom stereocenters. The van der Waals surface area contributed by atoms with Crippen LogP contribution >= 0.6 is 11.6 Å². The predicted octanol–water partition coefficient (Wildman–Crippen LogP) is 3.38. The maximum Gasteiger partial charge on any atom is 0.280 e. The molecule has 2 aliphatic heterocycles. The molecule has 9 nitrogen and oxygen atoms in total. The van der Waals surface area contributed by atoms with E-state index in [2.05, 4.69) is 22.2 Å². The molecule has 1 fully saturated rings. The van der Waals surface area contributed by atoms with Crippen LogP contribution in [0.2, 0.25) is 5.02 Å². The van der Waals surface area contributed by atoms with Crippen LogP contribution in [0.4, 0.5) is 17.1 Å². The number of amides is 1. The Hall–Kier alpha value is -3.30. The highest BCUT2D eigenvalue weighted by atomic mass is 35.5. The van der Waals surface area contributed by atoms with E-state index in [-0.39, 0.29) is 18.0 Å². The van der Waals surface area contributed by atoms with Crippen molar-refractivity contribution in [2.24, 2.45) is 0 Å². The molecule has 0 spiro atoms. The van der Waals surface area contributed by atoms with E-state index in [0.29, 0.717) is 22.2 Å². The van der Waals surface area contributed by atoms with Crippen LogP contribution in [0.3, 0.4) is 0 Å². The first-order valence-electron chi connectivity index (χ1n) is 9.71. The molecular formula is C21H21ClN4O5. The molecule has 0 aromatic heterocycles. The summed E-state index contributed by atoms with van der Waals surface area (Å²) in [6.07, 6.45) is 2.63. The predicted molar refractivity (Wildman–Crippen MR) is 118 cm³/mol. The highest BCUT2D eigenvalue weighted by Gasteiger charge is 2.22. The van der Waals surface area contributed by atoms with E-state index >= 15 is 0 Å². The number of hydrogen-bond acceptors (Lipinski definition) is 7. The number of carbonyl (C=O) groups excluding carboxylic acids is 1. The number of nitro groups is 1. The Kier molecular flexibility index (Phi) is 5.97. The number of piperazine rings is 1. The average molecular weight is 445 g/mol. The minimum atomic E-state index is -0.526. The van der Waals surface area contributed by atoms with Crippen molar-refractivity contribution >= 4 is 40.6 Å². The smallest absolute Gasteiger partial charge is 0.280 e. The lowest BCUT2D eigenvalue weighted by Crippen LogP contribution is -2.44. The normalized spacial score (nSPS) is 16.0. The van der Waals surface area contributed by atoms with Crippen LogP contribution in [0, 0.1) is 10.1 Å². The summed E-state index contributed by atoms with van der Waals surface area (Å²) in [7, 11) is 2.07. The molecule has 0 unspecified atom stereocenters. The molecule has 1 amide bonds. The first kappa shape index (κ1) is 21.0. The summed E-state index contributed by atoms with van der Waals surface area (Å²) in [4.78, 5) is 27.9. The van der Waals surface area contributed by atoms with Crippen LogP contribution < -0.4 is 19.7 Å². The van der Waals surface area contributed by atoms with Crippen molar-refractivity contribution in [1.82, 2.24) is 4.90 Å². The van der Waals surface area contributed by atoms with Gasteiger partial charge in [0.05, 0.1) is 27.9 Å². The van der Waals surface area contributed by atoms with E-state index in [1.807, 2.05) is 6.07 Å². The van der Waals surface area contributed by atoms with Crippen LogP contribution in [-0.2, 0) is 4.79 Å². The van der Waals surface area contributed by atoms with Gasteiger partial charge in [0, 0.05) is 37.3 Å². The lowest BCUT2D eigenvalue weighted by molar-refractivity contribution is -0.385. The zero-order valence-electron chi connectivity index (χ0n) is 16.8. The largest absolute Gasteiger partial charge is 0.454 e. The second-order valence-electron chi connectivity index (χ2n) is 7.30. The van der Waals surface area contributed by atoms with Crippen molar-refractivity contribution in [2.75, 3.05) is 50.2 Å². The molecule has 4 rings (SSSR count). The number of rotatable bonds is 5. The van der Waals surface area contributed by atoms with Crippen molar-refractivity contribution in [3.05, 3.63) is 57.1 Å². The first-order valence-corrected chi connectivity index (χ1v) is 10.1. The van der Waals surface area contributed by atoms with Crippen LogP contribution in [0.25, 0.3) is 6.08 Å². The standard InChI is InChI=1S/C21H21ClN4O5/c1-24-6-8-25(9-7-24)17-4-3-15(22)11-16(17)23-21(27)5-2-14-10-19-20(31-13-30-19)12-18(14)26(28)29/h2-5,10-12H,6-9,13H2,1H3,(H,23,27)/b5-2+. The van der Waals surface area contributed by atoms with E-state index in [9.17, 15) is 14.9 Å². The number of benzene rings is 2. The Morgan fingerprint density at radius 2 is 1.87 bits per heavy atom. The summed E-state index contributed by atoms with van der Waals surface area (Å²) in [5.41, 5.74) is 1.55. The Balaban J connectivity index is 1.54. The number of hydrogen-bond donors (Lipinski definition) is 1. The Bertz CT molecular complexity index is 1050. The maximum absolute atomic E-state index is 12.6. The second-order valence-corrected chi connectivity index (χ2v) is 7.73. The van der Waals surface area contributed by atoms with Gasteiger partial charge in [-0.25, -0.2) is 0 Å². The van der Waals surface area contributed by atoms with Gasteiger partial charge in [-0.1, -0.05) is 11.6 Å². The van der Waals surface area contributed by atoms with Crippen LogP contribution in [0.1, 0.15) is 5.56 Å². The third-order valence-electron chi connectivity index (χ3n) is 5.19. The molecule has 2 aliphatic rings. The summed E-state index contributed by atoms with van der Waals surface area (Å²) >= 11 is 6.15. The maximum atomic E-state index is 12.6. The number of halogens is 1. The Morgan fingerprint density at radius 1 is 1.16 bits per heavy atom. The van der Waals surface area contributed by atoms with Crippen LogP contribution in [0.5, 0.6) is 11.5 Å². The van der Waals surface area contributed by atoms with Crippen molar-refractivity contribution < 1.29 is 19.2 Å². The lowest BCUT2D eigenvalue weighted by atomic mass is 10.1. The number of fused-ring (bicyclic) bond motifs is 1. The van der Waals surface area contributed by atoms with Gasteiger partial charge in [-0.15, -0.1) is 0 Å². The van der Waals surface area contributed by atoms with E-state index in [4.69, 9.17) is 21.1 Å². The van der Waals surface area contributed by atoms with E-state index in [1.54, 1.807) is 12.1 Å². The van der Waals surface area contributed by atoms with Gasteiger partial charge < -0.3 is 24.6 Å². The molecular weight excluding hydrogens is 424 g/mol. The SMILES string of the molecule is CN1CCN(c2ccc(Cl)cc2NC(=O)/C=C/c2cc3c(cc2[N+](=O)[O-])OCO3)CC1. The van der Waals surface area contributed by atoms with E-state index in [1.165, 1.54) is 24.3 Å². The van der Waals surface area contributed by atoms with Gasteiger partial charge in [0.1, 0.15) is 0 Å². The fourth-order valence-electron chi connectivity index (χ4n) is 3.51. The molecule has 1 N–H and O–H groups in total. The molecule has 10 heteroatoms. The molecule has 31 heavy (non-hydrogen) atoms. The summed E-state index contributed by atoms with van der Waals surface area (Å²) in [6, 6.07) is 8.15. The number of carbonyl (C=O) groups is 1. The monoisotopic (exact) mass is 444 g/mol. The van der Waals surface area contributed by atoms with Crippen molar-refractivity contribution in [3.8, 4) is 11.5 Å². The van der Waals surface area contributed by atoms with Gasteiger partial charge in [0.25, 0.3) is 5.69 Å². The van der Waals surface area contributed by atoms with Crippen molar-refractivity contribution in [3.63, 3.8) is 0 Å². The molecule has 2 heterocycles. The van der Waals surface area contributed by atoms with Crippen LogP contribution in [0.15, 0.2) is 36.4 Å². The number of likely N-dealkylation sites (N-methyl/N-ethyl adjacent to an activating group) is 1. The first-order chi connectivity index (χ1) is 14.9. The number of nitrogens with zero attached hydrogens (tertiary/aromatic N) is 3. The van der Waals surface area contributed by atoms with Gasteiger partial charge in [0.15, 0.2) is 11.5 Å². The highest BCUT2D eigenvalue weighted by molar-refractivity contribution is 6.31. The molecule has 1 saturated heterocycles. The van der Waals surface area contributed by atoms with E-state index in [0.717, 1.165) is 31.9 Å². The molecule has 2 aromatic rings. The molecule has 0 saturated carbocycles. The van der Waals surface area contributed by atoms with Gasteiger partial charge >= 0.3 is 0 Å². The minimum absolute atomic E-state index is 0.00394. The average Bonchev–Trinajstić information content (AvgIpc) is 3.20. The molecule has 162 valence electrons. The number of nitrogens with one attached hydrogen (secondary N) is 1. The summed E-state index contributed by atoms with van der Waals surface area (Å²) < 4.78 is 10.5. The number of anilines is 2. The fraction of sp³-hybridized carbons (Fsp3) is 0.286. The third kappa shape index (κ3) is 4.73. The molecule has 0 radical (unpaired) electrons. The zero-order chi connectivity index (χ0) is 22.0. The molecule has 0 bridgehead atoms. The van der Waals surface area contributed by atoms with Crippen molar-refractivity contribution in [2.45, 2.75) is 0 Å². The van der Waals surface area contributed by atoms with Crippen molar-refractivity contribution in [1.29, 1.82) is 0 Å². The summed E-state index contributed by atoms with van der Waals surface area (Å²) in [6.45, 7) is 3.51. The Labute approximate surface area is 183 Å². The quantitative estimate of drug-likeness (QED) is 0.429. The second kappa shape index (κ2) is 8.83. The summed E-state index contributed by atoms with van der Waals surface area (Å²) in [5.74, 6) is 0.284. The lowest BCUT2D eigenvalue weighted by Gasteiger charge is -2.35. The molecule has 0 aliphatic carbocycles. The minimum Gasteiger partial charge on any atom is -0.454 e. The fourth-order valence-corrected chi connectivity index (χ4v) is 3.68. The van der Waals surface area contributed by atoms with Gasteiger partial charge in [-0.2, -0.15) is 0 Å². The zero-order valence-corrected chi connectivity index (χ0v) is 17.6. The van der Waals surface area contributed by atoms with Crippen LogP contribution in [-0.4, -0.2) is 55.8 Å². The third-order valence-corrected chi connectivity index (χ3v) is 5.43. The van der Waals surface area contributed by atoms with Gasteiger partial charge in [0.2, 0.25) is 12.7 Å². The number of ether oxygens (including phenoxy) is 2. The summed E-state index contributed by atoms with van der Waals surface area (Å²) in [5, 5.41) is 14.7. The number of nitro benzene ring substituents is 1. The topological polar surface area (TPSA) is 97.2 Å².